The van der Waals surface area contributed by atoms with Gasteiger partial charge < -0.3 is 41.1 Å². The lowest BCUT2D eigenvalue weighted by Crippen LogP contribution is -2.68. The van der Waals surface area contributed by atoms with Gasteiger partial charge in [0.25, 0.3) is 5.91 Å². The summed E-state index contributed by atoms with van der Waals surface area (Å²) in [5.74, 6) is -8.81. The molecule has 6 atom stereocenters. The summed E-state index contributed by atoms with van der Waals surface area (Å²) in [5.41, 5.74) is 2.06. The number of fused-ring (bicyclic) bond motifs is 3. The van der Waals surface area contributed by atoms with Crippen LogP contribution in [0.5, 0.6) is 5.75 Å². The Balaban J connectivity index is 1.68. The Morgan fingerprint density at radius 1 is 1.14 bits per heavy atom. The molecule has 240 valence electrons. The highest BCUT2D eigenvalue weighted by atomic mass is 16.4. The van der Waals surface area contributed by atoms with Crippen LogP contribution in [0.4, 0.5) is 5.69 Å². The van der Waals surface area contributed by atoms with Crippen molar-refractivity contribution in [2.75, 3.05) is 45.7 Å². The van der Waals surface area contributed by atoms with E-state index < -0.39 is 75.6 Å². The molecule has 0 aromatic heterocycles. The standard InChI is InChI=1S/C32H44N4O8/c1-6-7-12-36(16-10-13-35(5)14-11-16)18-9-8-17-15(2)19-21(26(38)20(17)25(18)37)29(41)32(44)23(27(19)39)24(34(3)4)28(40)22(30(32)42)31(33)43/h8-9,15-16,19,23-24,27,37,39-41,44H,6-7,10-14H2,1-5H3,(H2,33,43)/t15-,19+,23-,24-,27-,32+/m1/s1. The van der Waals surface area contributed by atoms with Gasteiger partial charge in [-0.25, -0.2) is 0 Å². The highest BCUT2D eigenvalue weighted by Gasteiger charge is 2.67. The number of unbranched alkanes of at least 4 members (excludes halogenated alkanes) is 1. The number of nitrogens with two attached hydrogens (primary N) is 1. The molecule has 1 aromatic carbocycles. The number of Topliss-reactive ketones (excluding diaryl/α,β-unsaturated/α-hetero) is 2. The Hall–Kier alpha value is -3.45. The molecule has 1 aromatic rings. The number of anilines is 1. The van der Waals surface area contributed by atoms with E-state index >= 15 is 0 Å². The first-order valence-corrected chi connectivity index (χ1v) is 15.3. The number of ketones is 2. The Morgan fingerprint density at radius 3 is 2.34 bits per heavy atom. The van der Waals surface area contributed by atoms with E-state index in [2.05, 4.69) is 23.8 Å². The number of primary amides is 1. The second-order valence-corrected chi connectivity index (χ2v) is 13.0. The number of benzene rings is 1. The summed E-state index contributed by atoms with van der Waals surface area (Å²) in [6, 6.07) is 2.41. The van der Waals surface area contributed by atoms with Gasteiger partial charge in [0.1, 0.15) is 22.8 Å². The first-order chi connectivity index (χ1) is 20.7. The molecule has 4 aliphatic rings. The Kier molecular flexibility index (Phi) is 8.34. The number of aliphatic hydroxyl groups is 4. The smallest absolute Gasteiger partial charge is 0.255 e. The second-order valence-electron chi connectivity index (χ2n) is 13.0. The van der Waals surface area contributed by atoms with Crippen LogP contribution in [-0.4, -0.2) is 117 Å². The normalized spacial score (nSPS) is 31.2. The molecule has 0 bridgehead atoms. The van der Waals surface area contributed by atoms with Crippen LogP contribution < -0.4 is 10.6 Å². The fourth-order valence-electron chi connectivity index (χ4n) is 7.98. The van der Waals surface area contributed by atoms with Crippen molar-refractivity contribution in [3.63, 3.8) is 0 Å². The zero-order chi connectivity index (χ0) is 32.4. The van der Waals surface area contributed by atoms with Crippen LogP contribution in [0.2, 0.25) is 0 Å². The third-order valence-corrected chi connectivity index (χ3v) is 10.3. The molecular formula is C32H44N4O8. The quantitative estimate of drug-likeness (QED) is 0.244. The maximum absolute atomic E-state index is 14.3. The lowest BCUT2D eigenvalue weighted by Gasteiger charge is -2.53. The summed E-state index contributed by atoms with van der Waals surface area (Å²) in [6.07, 6.45) is 1.96. The predicted molar refractivity (Wildman–Crippen MR) is 163 cm³/mol. The number of carbonyl (C=O) groups is 3. The molecule has 1 fully saturated rings. The van der Waals surface area contributed by atoms with E-state index in [1.165, 1.54) is 19.0 Å². The number of likely N-dealkylation sites (tertiary alicyclic amines) is 1. The van der Waals surface area contributed by atoms with Crippen LogP contribution in [0.1, 0.15) is 61.4 Å². The third kappa shape index (κ3) is 4.53. The van der Waals surface area contributed by atoms with Crippen molar-refractivity contribution in [3.8, 4) is 5.75 Å². The monoisotopic (exact) mass is 612 g/mol. The van der Waals surface area contributed by atoms with Crippen molar-refractivity contribution in [2.24, 2.45) is 17.6 Å². The van der Waals surface area contributed by atoms with Crippen LogP contribution in [0.15, 0.2) is 34.8 Å². The van der Waals surface area contributed by atoms with E-state index in [1.54, 1.807) is 19.1 Å². The molecule has 7 N–H and O–H groups in total. The van der Waals surface area contributed by atoms with Gasteiger partial charge in [-0.2, -0.15) is 0 Å². The number of hydrogen-bond donors (Lipinski definition) is 6. The highest BCUT2D eigenvalue weighted by Crippen LogP contribution is 2.56. The zero-order valence-electron chi connectivity index (χ0n) is 25.9. The molecule has 1 amide bonds. The summed E-state index contributed by atoms with van der Waals surface area (Å²) < 4.78 is 0. The van der Waals surface area contributed by atoms with E-state index in [-0.39, 0.29) is 17.4 Å². The number of likely N-dealkylation sites (N-methyl/N-ethyl adjacent to an activating group) is 1. The number of hydrogen-bond acceptors (Lipinski definition) is 11. The van der Waals surface area contributed by atoms with Crippen LogP contribution in [0.3, 0.4) is 0 Å². The average Bonchev–Trinajstić information content (AvgIpc) is 2.96. The van der Waals surface area contributed by atoms with E-state index in [4.69, 9.17) is 5.73 Å². The molecule has 0 saturated carbocycles. The Bertz CT molecular complexity index is 1450. The molecule has 1 aliphatic heterocycles. The summed E-state index contributed by atoms with van der Waals surface area (Å²) in [6.45, 7) is 6.28. The fourth-order valence-corrected chi connectivity index (χ4v) is 7.98. The molecule has 3 aliphatic carbocycles. The first kappa shape index (κ1) is 32.0. The van der Waals surface area contributed by atoms with Crippen molar-refractivity contribution in [2.45, 2.75) is 69.2 Å². The zero-order valence-corrected chi connectivity index (χ0v) is 25.9. The Morgan fingerprint density at radius 2 is 1.77 bits per heavy atom. The van der Waals surface area contributed by atoms with Crippen LogP contribution >= 0.6 is 0 Å². The molecule has 1 saturated heterocycles. The van der Waals surface area contributed by atoms with Gasteiger partial charge in [0.2, 0.25) is 5.78 Å². The van der Waals surface area contributed by atoms with Crippen LogP contribution in [-0.2, 0) is 9.59 Å². The van der Waals surface area contributed by atoms with Gasteiger partial charge in [-0.1, -0.05) is 26.3 Å². The predicted octanol–water partition coefficient (Wildman–Crippen LogP) is 1.35. The largest absolute Gasteiger partial charge is 0.510 e. The Labute approximate surface area is 257 Å². The summed E-state index contributed by atoms with van der Waals surface area (Å²) in [5, 5.41) is 58.1. The molecule has 5 rings (SSSR count). The number of amides is 1. The molecule has 12 nitrogen and oxygen atoms in total. The van der Waals surface area contributed by atoms with Crippen LogP contribution in [0, 0.1) is 11.8 Å². The van der Waals surface area contributed by atoms with Gasteiger partial charge in [-0.15, -0.1) is 0 Å². The number of aliphatic hydroxyl groups excluding tert-OH is 3. The van der Waals surface area contributed by atoms with Crippen molar-refractivity contribution < 1.29 is 39.9 Å². The topological polar surface area (TPSA) is 188 Å². The number of aromatic hydroxyl groups is 1. The SMILES string of the molecule is CCCCN(c1ccc2c(c1O)C(=O)C1=C(O)[C@]3(O)C(=O)C(C(N)=O)=C(O)[C@H](N(C)C)[C@@H]3[C@H](O)[C@H]1[C@@H]2C)C1CCN(C)CC1. The molecule has 0 radical (unpaired) electrons. The lowest BCUT2D eigenvalue weighted by atomic mass is 9.55. The van der Waals surface area contributed by atoms with E-state index in [0.29, 0.717) is 17.8 Å². The summed E-state index contributed by atoms with van der Waals surface area (Å²) in [7, 11) is 5.09. The number of phenols is 1. The molecular weight excluding hydrogens is 568 g/mol. The minimum Gasteiger partial charge on any atom is -0.510 e. The van der Waals surface area contributed by atoms with Gasteiger partial charge in [0.15, 0.2) is 11.4 Å². The first-order valence-electron chi connectivity index (χ1n) is 15.3. The van der Waals surface area contributed by atoms with E-state index in [1.807, 2.05) is 0 Å². The van der Waals surface area contributed by atoms with E-state index in [0.717, 1.165) is 38.8 Å². The fraction of sp³-hybridized carbons (Fsp3) is 0.594. The number of piperidine rings is 1. The van der Waals surface area contributed by atoms with Crippen molar-refractivity contribution >= 4 is 23.2 Å². The van der Waals surface area contributed by atoms with Gasteiger partial charge in [-0.05, 0) is 71.0 Å². The molecule has 12 heteroatoms. The molecule has 0 spiro atoms. The minimum atomic E-state index is -2.93. The number of phenolic OH excluding ortho intramolecular Hbond substituents is 1. The number of carbonyl (C=O) groups excluding carboxylic acids is 3. The molecule has 44 heavy (non-hydrogen) atoms. The molecule has 1 heterocycles. The van der Waals surface area contributed by atoms with Gasteiger partial charge >= 0.3 is 0 Å². The van der Waals surface area contributed by atoms with Gasteiger partial charge in [-0.3, -0.25) is 19.3 Å². The van der Waals surface area contributed by atoms with Crippen molar-refractivity contribution in [3.05, 3.63) is 45.9 Å². The summed E-state index contributed by atoms with van der Waals surface area (Å²) >= 11 is 0. The van der Waals surface area contributed by atoms with Crippen molar-refractivity contribution in [1.82, 2.24) is 9.80 Å². The summed E-state index contributed by atoms with van der Waals surface area (Å²) in [4.78, 5) is 46.0. The second kappa shape index (κ2) is 11.5. The van der Waals surface area contributed by atoms with Gasteiger partial charge in [0.05, 0.1) is 29.3 Å². The third-order valence-electron chi connectivity index (χ3n) is 10.3. The number of rotatable bonds is 7. The molecule has 0 unspecified atom stereocenters. The number of nitrogens with zero attached hydrogens (tertiary/aromatic N) is 3. The van der Waals surface area contributed by atoms with Gasteiger partial charge in [0, 0.05) is 24.1 Å². The van der Waals surface area contributed by atoms with Crippen molar-refractivity contribution in [1.29, 1.82) is 0 Å². The van der Waals surface area contributed by atoms with Crippen LogP contribution in [0.25, 0.3) is 0 Å². The van der Waals surface area contributed by atoms with E-state index in [9.17, 15) is 39.9 Å². The maximum atomic E-state index is 14.3. The highest BCUT2D eigenvalue weighted by molar-refractivity contribution is 6.25. The maximum Gasteiger partial charge on any atom is 0.255 e. The average molecular weight is 613 g/mol. The lowest BCUT2D eigenvalue weighted by molar-refractivity contribution is -0.162. The minimum absolute atomic E-state index is 0.0580.